The van der Waals surface area contributed by atoms with Crippen LogP contribution in [0.4, 0.5) is 0 Å². The first kappa shape index (κ1) is 15.3. The maximum Gasteiger partial charge on any atom is 0.338 e. The van der Waals surface area contributed by atoms with Crippen LogP contribution in [0.25, 0.3) is 6.08 Å². The smallest absolute Gasteiger partial charge is 0.338 e. The van der Waals surface area contributed by atoms with Crippen LogP contribution in [0.5, 0.6) is 5.75 Å². The molecule has 0 atom stereocenters. The fraction of sp³-hybridized carbons (Fsp3) is 0.250. The van der Waals surface area contributed by atoms with Crippen LogP contribution in [-0.2, 0) is 11.2 Å². The summed E-state index contributed by atoms with van der Waals surface area (Å²) in [6.45, 7) is 2.99. The number of ether oxygens (including phenoxy) is 2. The van der Waals surface area contributed by atoms with Crippen molar-refractivity contribution in [1.29, 1.82) is 0 Å². The largest absolute Gasteiger partial charge is 0.489 e. The maximum absolute atomic E-state index is 12.2. The van der Waals surface area contributed by atoms with Gasteiger partial charge in [0.25, 0.3) is 0 Å². The first-order valence-corrected chi connectivity index (χ1v) is 7.94. The third kappa shape index (κ3) is 3.62. The van der Waals surface area contributed by atoms with Gasteiger partial charge in [0, 0.05) is 5.56 Å². The van der Waals surface area contributed by atoms with Gasteiger partial charge < -0.3 is 9.47 Å². The van der Waals surface area contributed by atoms with Gasteiger partial charge in [0.05, 0.1) is 12.2 Å². The van der Waals surface area contributed by atoms with E-state index in [1.165, 1.54) is 0 Å². The molecule has 3 rings (SSSR count). The van der Waals surface area contributed by atoms with Crippen LogP contribution in [0.15, 0.2) is 54.1 Å². The highest BCUT2D eigenvalue weighted by Crippen LogP contribution is 2.27. The summed E-state index contributed by atoms with van der Waals surface area (Å²) < 4.78 is 11.1. The van der Waals surface area contributed by atoms with Gasteiger partial charge in [0.15, 0.2) is 0 Å². The number of esters is 1. The van der Waals surface area contributed by atoms with Gasteiger partial charge in [-0.05, 0) is 42.2 Å². The molecule has 2 aromatic carbocycles. The normalized spacial score (nSPS) is 12.8. The Labute approximate surface area is 136 Å². The van der Waals surface area contributed by atoms with Crippen molar-refractivity contribution in [2.24, 2.45) is 0 Å². The second-order valence-corrected chi connectivity index (χ2v) is 5.60. The number of carbonyl (C=O) groups is 1. The summed E-state index contributed by atoms with van der Waals surface area (Å²) in [5, 5.41) is 0. The summed E-state index contributed by atoms with van der Waals surface area (Å²) in [7, 11) is 0. The third-order valence-corrected chi connectivity index (χ3v) is 3.78. The molecule has 0 radical (unpaired) electrons. The zero-order chi connectivity index (χ0) is 16.1. The zero-order valence-corrected chi connectivity index (χ0v) is 13.2. The third-order valence-electron chi connectivity index (χ3n) is 3.78. The quantitative estimate of drug-likeness (QED) is 0.774. The molecule has 3 heteroatoms. The van der Waals surface area contributed by atoms with E-state index in [9.17, 15) is 4.79 Å². The van der Waals surface area contributed by atoms with E-state index in [0.29, 0.717) is 25.2 Å². The summed E-state index contributed by atoms with van der Waals surface area (Å²) >= 11 is 0. The Balaban J connectivity index is 1.81. The Hall–Kier alpha value is -2.55. The fourth-order valence-corrected chi connectivity index (χ4v) is 2.66. The van der Waals surface area contributed by atoms with Gasteiger partial charge in [-0.25, -0.2) is 4.79 Å². The standard InChI is InChI=1S/C20H20O3/c1-2-11-22-20(21)18-9-5-3-7-16(18)12-15-13-17-8-4-6-10-19(17)23-14-15/h3-10,13H,2,11-12,14H2,1H3. The molecule has 23 heavy (non-hydrogen) atoms. The van der Waals surface area contributed by atoms with E-state index in [1.807, 2.05) is 55.5 Å². The molecule has 0 spiro atoms. The van der Waals surface area contributed by atoms with E-state index < -0.39 is 0 Å². The highest BCUT2D eigenvalue weighted by Gasteiger charge is 2.16. The fourth-order valence-electron chi connectivity index (χ4n) is 2.66. The highest BCUT2D eigenvalue weighted by atomic mass is 16.5. The number of para-hydroxylation sites is 1. The molecule has 0 aromatic heterocycles. The van der Waals surface area contributed by atoms with Crippen molar-refractivity contribution in [1.82, 2.24) is 0 Å². The van der Waals surface area contributed by atoms with Crippen LogP contribution >= 0.6 is 0 Å². The minimum Gasteiger partial charge on any atom is -0.489 e. The van der Waals surface area contributed by atoms with Gasteiger partial charge in [-0.15, -0.1) is 0 Å². The van der Waals surface area contributed by atoms with Gasteiger partial charge >= 0.3 is 5.97 Å². The van der Waals surface area contributed by atoms with Crippen LogP contribution < -0.4 is 4.74 Å². The second kappa shape index (κ2) is 7.14. The minimum atomic E-state index is -0.250. The van der Waals surface area contributed by atoms with Crippen LogP contribution in [0.3, 0.4) is 0 Å². The zero-order valence-electron chi connectivity index (χ0n) is 13.2. The first-order chi connectivity index (χ1) is 11.3. The predicted molar refractivity (Wildman–Crippen MR) is 90.6 cm³/mol. The summed E-state index contributed by atoms with van der Waals surface area (Å²) in [6.07, 6.45) is 3.66. The lowest BCUT2D eigenvalue weighted by molar-refractivity contribution is 0.0504. The molecule has 1 heterocycles. The van der Waals surface area contributed by atoms with Gasteiger partial charge in [0.2, 0.25) is 0 Å². The molecule has 3 nitrogen and oxygen atoms in total. The highest BCUT2D eigenvalue weighted by molar-refractivity contribution is 5.91. The molecule has 0 aliphatic carbocycles. The molecule has 0 N–H and O–H groups in total. The summed E-state index contributed by atoms with van der Waals surface area (Å²) in [5.74, 6) is 0.659. The van der Waals surface area contributed by atoms with Crippen molar-refractivity contribution in [2.75, 3.05) is 13.2 Å². The van der Waals surface area contributed by atoms with Crippen molar-refractivity contribution in [3.63, 3.8) is 0 Å². The molecule has 0 saturated carbocycles. The Morgan fingerprint density at radius 1 is 1.13 bits per heavy atom. The summed E-state index contributed by atoms with van der Waals surface area (Å²) in [5.41, 5.74) is 3.85. The van der Waals surface area contributed by atoms with E-state index in [2.05, 4.69) is 6.08 Å². The second-order valence-electron chi connectivity index (χ2n) is 5.60. The lowest BCUT2D eigenvalue weighted by Crippen LogP contribution is -2.13. The van der Waals surface area contributed by atoms with E-state index in [1.54, 1.807) is 0 Å². The lowest BCUT2D eigenvalue weighted by atomic mass is 9.97. The number of carbonyl (C=O) groups excluding carboxylic acids is 1. The molecule has 2 aromatic rings. The van der Waals surface area contributed by atoms with Gasteiger partial charge in [-0.1, -0.05) is 43.3 Å². The Kier molecular flexibility index (Phi) is 4.77. The van der Waals surface area contributed by atoms with Crippen LogP contribution in [0, 0.1) is 0 Å². The van der Waals surface area contributed by atoms with Crippen LogP contribution in [0.1, 0.15) is 34.8 Å². The van der Waals surface area contributed by atoms with Crippen molar-refractivity contribution in [3.8, 4) is 5.75 Å². The molecule has 1 aliphatic rings. The summed E-state index contributed by atoms with van der Waals surface area (Å²) in [6, 6.07) is 15.6. The van der Waals surface area contributed by atoms with E-state index in [0.717, 1.165) is 28.9 Å². The number of benzene rings is 2. The number of rotatable bonds is 5. The van der Waals surface area contributed by atoms with E-state index in [4.69, 9.17) is 9.47 Å². The van der Waals surface area contributed by atoms with Crippen molar-refractivity contribution in [3.05, 3.63) is 70.8 Å². The maximum atomic E-state index is 12.2. The Morgan fingerprint density at radius 2 is 1.91 bits per heavy atom. The predicted octanol–water partition coefficient (Wildman–Crippen LogP) is 4.27. The van der Waals surface area contributed by atoms with E-state index in [-0.39, 0.29) is 5.97 Å². The Bertz CT molecular complexity index is 731. The molecule has 0 fully saturated rings. The van der Waals surface area contributed by atoms with Gasteiger partial charge in [-0.3, -0.25) is 0 Å². The molecule has 0 bridgehead atoms. The van der Waals surface area contributed by atoms with Crippen LogP contribution in [0.2, 0.25) is 0 Å². The van der Waals surface area contributed by atoms with Crippen molar-refractivity contribution < 1.29 is 14.3 Å². The SMILES string of the molecule is CCCOC(=O)c1ccccc1CC1=Cc2ccccc2OC1. The van der Waals surface area contributed by atoms with Crippen LogP contribution in [-0.4, -0.2) is 19.2 Å². The topological polar surface area (TPSA) is 35.5 Å². The number of fused-ring (bicyclic) bond motifs is 1. The van der Waals surface area contributed by atoms with E-state index >= 15 is 0 Å². The van der Waals surface area contributed by atoms with Gasteiger partial charge in [-0.2, -0.15) is 0 Å². The summed E-state index contributed by atoms with van der Waals surface area (Å²) in [4.78, 5) is 12.2. The van der Waals surface area contributed by atoms with Crippen molar-refractivity contribution in [2.45, 2.75) is 19.8 Å². The van der Waals surface area contributed by atoms with Crippen molar-refractivity contribution >= 4 is 12.0 Å². The molecule has 118 valence electrons. The average Bonchev–Trinajstić information content (AvgIpc) is 2.60. The molecule has 0 saturated heterocycles. The lowest BCUT2D eigenvalue weighted by Gasteiger charge is -2.18. The Morgan fingerprint density at radius 3 is 2.78 bits per heavy atom. The molecule has 1 aliphatic heterocycles. The number of hydrogen-bond acceptors (Lipinski definition) is 3. The minimum absolute atomic E-state index is 0.250. The molecular formula is C20H20O3. The molecule has 0 unspecified atom stereocenters. The number of hydrogen-bond donors (Lipinski definition) is 0. The average molecular weight is 308 g/mol. The first-order valence-electron chi connectivity index (χ1n) is 7.94. The van der Waals surface area contributed by atoms with Gasteiger partial charge in [0.1, 0.15) is 12.4 Å². The molecular weight excluding hydrogens is 288 g/mol. The molecule has 0 amide bonds. The monoisotopic (exact) mass is 308 g/mol.